The van der Waals surface area contributed by atoms with Gasteiger partial charge >= 0.3 is 10.3 Å². The van der Waals surface area contributed by atoms with Gasteiger partial charge in [-0.2, -0.15) is 13.1 Å². The molecule has 2 heterocycles. The largest absolute Gasteiger partial charge is 0.391 e. The summed E-state index contributed by atoms with van der Waals surface area (Å²) in [4.78, 5) is 8.97. The number of rotatable bonds is 6. The van der Waals surface area contributed by atoms with E-state index < -0.39 is 22.4 Å². The molecule has 0 saturated heterocycles. The molecule has 0 bridgehead atoms. The highest BCUT2D eigenvalue weighted by atomic mass is 79.9. The lowest BCUT2D eigenvalue weighted by molar-refractivity contribution is 0.154. The third kappa shape index (κ3) is 4.03. The van der Waals surface area contributed by atoms with E-state index in [9.17, 15) is 13.5 Å². The lowest BCUT2D eigenvalue weighted by Gasteiger charge is -2.17. The van der Waals surface area contributed by atoms with Crippen LogP contribution in [0.25, 0.3) is 11.0 Å². The van der Waals surface area contributed by atoms with E-state index in [4.69, 9.17) is 0 Å². The smallest absolute Gasteiger partial charge is 0.335 e. The number of aliphatic hydroxyl groups excluding tert-OH is 1. The minimum absolute atomic E-state index is 0.0978. The average molecular weight is 522 g/mol. The first-order valence-corrected chi connectivity index (χ1v) is 12.7. The summed E-state index contributed by atoms with van der Waals surface area (Å²) in [5, 5.41) is 14.9. The van der Waals surface area contributed by atoms with Gasteiger partial charge in [0.2, 0.25) is 0 Å². The molecule has 0 radical (unpaired) electrons. The highest BCUT2D eigenvalue weighted by Crippen LogP contribution is 2.38. The molecular weight excluding hydrogens is 498 g/mol. The van der Waals surface area contributed by atoms with Gasteiger partial charge in [-0.25, -0.2) is 9.97 Å². The maximum absolute atomic E-state index is 11.7. The first kappa shape index (κ1) is 21.8. The molecule has 1 saturated carbocycles. The summed E-state index contributed by atoms with van der Waals surface area (Å²) in [6.45, 7) is 0. The molecule has 2 aromatic heterocycles. The quantitative estimate of drug-likeness (QED) is 0.456. The monoisotopic (exact) mass is 521 g/mol. The Balaban J connectivity index is 1.39. The predicted molar refractivity (Wildman–Crippen MR) is 123 cm³/mol. The second kappa shape index (κ2) is 8.38. The van der Waals surface area contributed by atoms with Gasteiger partial charge in [-0.1, -0.05) is 22.0 Å². The average Bonchev–Trinajstić information content (AvgIpc) is 3.46. The minimum atomic E-state index is -3.88. The minimum Gasteiger partial charge on any atom is -0.391 e. The van der Waals surface area contributed by atoms with E-state index in [0.717, 1.165) is 41.3 Å². The number of anilines is 1. The van der Waals surface area contributed by atoms with Crippen LogP contribution in [-0.2, 0) is 20.9 Å². The molecular formula is C21H24BrN5O4S. The van der Waals surface area contributed by atoms with Crippen molar-refractivity contribution < 1.29 is 17.7 Å². The van der Waals surface area contributed by atoms with E-state index >= 15 is 0 Å². The number of nitrogens with one attached hydrogen (secondary N) is 2. The van der Waals surface area contributed by atoms with E-state index in [0.29, 0.717) is 12.8 Å². The molecule has 3 aromatic rings. The first-order valence-electron chi connectivity index (χ1n) is 10.5. The van der Waals surface area contributed by atoms with Gasteiger partial charge in [0.1, 0.15) is 17.8 Å². The summed E-state index contributed by atoms with van der Waals surface area (Å²) >= 11 is 3.54. The summed E-state index contributed by atoms with van der Waals surface area (Å²) in [6, 6.07) is 7.81. The van der Waals surface area contributed by atoms with Crippen LogP contribution in [0, 0.1) is 0 Å². The van der Waals surface area contributed by atoms with Crippen molar-refractivity contribution in [1.82, 2.24) is 19.3 Å². The number of nitrogens with zero attached hydrogens (tertiary/aromatic N) is 3. The molecule has 1 fully saturated rings. The number of aliphatic hydroxyl groups is 1. The number of aryl methyl sites for hydroxylation is 1. The van der Waals surface area contributed by atoms with Gasteiger partial charge in [-0.3, -0.25) is 4.18 Å². The molecule has 2 aliphatic carbocycles. The Morgan fingerprint density at radius 1 is 1.25 bits per heavy atom. The van der Waals surface area contributed by atoms with E-state index in [-0.39, 0.29) is 12.1 Å². The van der Waals surface area contributed by atoms with Gasteiger partial charge in [-0.05, 0) is 55.0 Å². The molecule has 1 aromatic carbocycles. The zero-order valence-electron chi connectivity index (χ0n) is 17.4. The fourth-order valence-electron chi connectivity index (χ4n) is 4.86. The van der Waals surface area contributed by atoms with Crippen molar-refractivity contribution in [3.63, 3.8) is 0 Å². The number of fused-ring (bicyclic) bond motifs is 2. The fourth-order valence-corrected chi connectivity index (χ4v) is 5.99. The number of hydrogen-bond acceptors (Lipinski definition) is 7. The Labute approximate surface area is 194 Å². The number of aromatic nitrogens is 3. The molecule has 0 unspecified atom stereocenters. The summed E-state index contributed by atoms with van der Waals surface area (Å²) in [5.74, 6) is 0.768. The van der Waals surface area contributed by atoms with Gasteiger partial charge in [0.25, 0.3) is 0 Å². The summed E-state index contributed by atoms with van der Waals surface area (Å²) in [5.41, 5.74) is 3.37. The van der Waals surface area contributed by atoms with Gasteiger partial charge in [0, 0.05) is 16.7 Å². The Morgan fingerprint density at radius 3 is 2.91 bits per heavy atom. The van der Waals surface area contributed by atoms with Crippen molar-refractivity contribution in [3.8, 4) is 0 Å². The van der Waals surface area contributed by atoms with Gasteiger partial charge in [0.05, 0.1) is 30.7 Å². The van der Waals surface area contributed by atoms with Gasteiger partial charge in [-0.15, -0.1) is 0 Å². The lowest BCUT2D eigenvalue weighted by Crippen LogP contribution is -2.40. The maximum atomic E-state index is 11.7. The Hall–Kier alpha value is -2.05. The standard InChI is InChI=1S/C21H24BrN5O4S/c1-31-32(29,30)26-18-9-14(10-19(18)28)27-7-6-16-20(23-11-24-21(16)27)25-17-5-2-12-8-13(22)3-4-15(12)17/h3-4,6-8,11,14,17-19,26,28H,2,5,9-10H2,1H3,(H,23,24,25)/t14-,17+,18+,19+/m1/s1. The normalized spacial score (nSPS) is 25.3. The SMILES string of the molecule is COS(=O)(=O)N[C@H]1C[C@@H](n2ccc3c(N[C@H]4CCc5cc(Br)ccc54)ncnc32)C[C@@H]1O. The molecule has 170 valence electrons. The summed E-state index contributed by atoms with van der Waals surface area (Å²) in [6.07, 6.45) is 5.51. The lowest BCUT2D eigenvalue weighted by atomic mass is 10.1. The van der Waals surface area contributed by atoms with Crippen molar-refractivity contribution in [2.24, 2.45) is 0 Å². The van der Waals surface area contributed by atoms with Crippen molar-refractivity contribution in [2.45, 2.75) is 49.9 Å². The van der Waals surface area contributed by atoms with E-state index in [2.05, 4.69) is 58.3 Å². The van der Waals surface area contributed by atoms with Crippen LogP contribution in [0.4, 0.5) is 5.82 Å². The second-order valence-corrected chi connectivity index (χ2v) is 10.7. The predicted octanol–water partition coefficient (Wildman–Crippen LogP) is 2.84. The van der Waals surface area contributed by atoms with Crippen LogP contribution in [0.3, 0.4) is 0 Å². The molecule has 0 spiro atoms. The first-order chi connectivity index (χ1) is 15.3. The Kier molecular flexibility index (Phi) is 5.70. The van der Waals surface area contributed by atoms with Crippen LogP contribution in [-0.4, -0.2) is 47.3 Å². The summed E-state index contributed by atoms with van der Waals surface area (Å²) < 4.78 is 33.4. The highest BCUT2D eigenvalue weighted by molar-refractivity contribution is 9.10. The van der Waals surface area contributed by atoms with Gasteiger partial charge in [0.15, 0.2) is 0 Å². The molecule has 0 amide bonds. The van der Waals surface area contributed by atoms with Crippen LogP contribution < -0.4 is 10.0 Å². The van der Waals surface area contributed by atoms with Crippen LogP contribution in [0.1, 0.15) is 42.5 Å². The molecule has 0 aliphatic heterocycles. The third-order valence-electron chi connectivity index (χ3n) is 6.42. The molecule has 32 heavy (non-hydrogen) atoms. The van der Waals surface area contributed by atoms with E-state index in [1.165, 1.54) is 17.5 Å². The second-order valence-electron chi connectivity index (χ2n) is 8.30. The zero-order chi connectivity index (χ0) is 22.5. The topological polar surface area (TPSA) is 118 Å². The molecule has 3 N–H and O–H groups in total. The number of benzene rings is 1. The Morgan fingerprint density at radius 2 is 2.09 bits per heavy atom. The Bertz CT molecular complexity index is 1260. The molecule has 5 rings (SSSR count). The van der Waals surface area contributed by atoms with Crippen molar-refractivity contribution in [3.05, 3.63) is 52.4 Å². The van der Waals surface area contributed by atoms with Crippen LogP contribution in [0.2, 0.25) is 0 Å². The van der Waals surface area contributed by atoms with Crippen molar-refractivity contribution in [2.75, 3.05) is 12.4 Å². The zero-order valence-corrected chi connectivity index (χ0v) is 19.8. The maximum Gasteiger partial charge on any atom is 0.335 e. The third-order valence-corrected chi connectivity index (χ3v) is 7.94. The molecule has 11 heteroatoms. The summed E-state index contributed by atoms with van der Waals surface area (Å²) in [7, 11) is -2.78. The van der Waals surface area contributed by atoms with Crippen LogP contribution >= 0.6 is 15.9 Å². The number of hydrogen-bond donors (Lipinski definition) is 3. The highest BCUT2D eigenvalue weighted by Gasteiger charge is 2.37. The van der Waals surface area contributed by atoms with E-state index in [1.54, 1.807) is 0 Å². The van der Waals surface area contributed by atoms with Crippen molar-refractivity contribution >= 4 is 43.1 Å². The van der Waals surface area contributed by atoms with Crippen LogP contribution in [0.5, 0.6) is 0 Å². The molecule has 2 aliphatic rings. The van der Waals surface area contributed by atoms with Crippen LogP contribution in [0.15, 0.2) is 41.3 Å². The molecule has 4 atom stereocenters. The molecule has 9 nitrogen and oxygen atoms in total. The number of halogens is 1. The van der Waals surface area contributed by atoms with Gasteiger partial charge < -0.3 is 15.0 Å². The van der Waals surface area contributed by atoms with E-state index in [1.807, 2.05) is 16.8 Å². The fraction of sp³-hybridized carbons (Fsp3) is 0.429. The van der Waals surface area contributed by atoms with Crippen molar-refractivity contribution in [1.29, 1.82) is 0 Å².